The molecule has 0 aromatic carbocycles. The molecule has 9 heteroatoms. The first-order valence-corrected chi connectivity index (χ1v) is 9.07. The number of sulfonamides is 1. The Hall–Kier alpha value is -1.45. The number of rotatable bonds is 3. The second-order valence-corrected chi connectivity index (χ2v) is 8.49. The molecule has 0 aliphatic carbocycles. The lowest BCUT2D eigenvalue weighted by atomic mass is 9.73. The number of aliphatic hydroxyl groups is 1. The van der Waals surface area contributed by atoms with Crippen molar-refractivity contribution in [1.82, 2.24) is 18.8 Å². The van der Waals surface area contributed by atoms with Gasteiger partial charge in [-0.05, 0) is 12.3 Å². The molecule has 1 aromatic rings. The lowest BCUT2D eigenvalue weighted by Gasteiger charge is -2.42. The van der Waals surface area contributed by atoms with Crippen LogP contribution in [0.25, 0.3) is 0 Å². The number of nitrogens with zero attached hydrogens (tertiary/aromatic N) is 4. The van der Waals surface area contributed by atoms with Gasteiger partial charge in [0, 0.05) is 51.8 Å². The van der Waals surface area contributed by atoms with Crippen LogP contribution in [-0.2, 0) is 21.9 Å². The van der Waals surface area contributed by atoms with Crippen LogP contribution in [0, 0.1) is 11.3 Å². The highest BCUT2D eigenvalue weighted by Gasteiger charge is 2.52. The van der Waals surface area contributed by atoms with Crippen molar-refractivity contribution in [2.45, 2.75) is 18.4 Å². The van der Waals surface area contributed by atoms with E-state index in [4.69, 9.17) is 0 Å². The highest BCUT2D eigenvalue weighted by Crippen LogP contribution is 2.44. The van der Waals surface area contributed by atoms with E-state index in [-0.39, 0.29) is 30.0 Å². The summed E-state index contributed by atoms with van der Waals surface area (Å²) in [6.07, 6.45) is 3.54. The van der Waals surface area contributed by atoms with Crippen LogP contribution in [-0.4, -0.2) is 71.0 Å². The first kappa shape index (κ1) is 16.4. The maximum atomic E-state index is 12.8. The fourth-order valence-corrected chi connectivity index (χ4v) is 5.16. The Morgan fingerprint density at radius 3 is 2.78 bits per heavy atom. The number of fused-ring (bicyclic) bond motifs is 1. The number of piperidine rings is 1. The zero-order valence-electron chi connectivity index (χ0n) is 13.3. The first-order chi connectivity index (χ1) is 10.8. The smallest absolute Gasteiger partial charge is 0.262 e. The van der Waals surface area contributed by atoms with Crippen LogP contribution in [0.2, 0.25) is 0 Å². The average Bonchev–Trinajstić information content (AvgIpc) is 3.10. The highest BCUT2D eigenvalue weighted by atomic mass is 32.2. The molecule has 1 N–H and O–H groups in total. The third-order valence-electron chi connectivity index (χ3n) is 5.15. The van der Waals surface area contributed by atoms with Crippen molar-refractivity contribution >= 4 is 15.9 Å². The van der Waals surface area contributed by atoms with Crippen LogP contribution in [0.1, 0.15) is 13.3 Å². The molecule has 23 heavy (non-hydrogen) atoms. The third-order valence-corrected chi connectivity index (χ3v) is 6.84. The summed E-state index contributed by atoms with van der Waals surface area (Å²) in [4.78, 5) is 17.3. The predicted molar refractivity (Wildman–Crippen MR) is 81.8 cm³/mol. The molecule has 2 fully saturated rings. The summed E-state index contributed by atoms with van der Waals surface area (Å²) in [5.74, 6) is -0.0637. The van der Waals surface area contributed by atoms with Gasteiger partial charge in [-0.15, -0.1) is 0 Å². The summed E-state index contributed by atoms with van der Waals surface area (Å²) in [5, 5.41) is 9.91. The Labute approximate surface area is 135 Å². The largest absolute Gasteiger partial charge is 0.396 e. The molecule has 3 rings (SSSR count). The molecule has 0 saturated carbocycles. The van der Waals surface area contributed by atoms with E-state index >= 15 is 0 Å². The molecule has 2 aliphatic rings. The molecular formula is C14H22N4O4S. The molecule has 2 saturated heterocycles. The number of aromatic nitrogens is 2. The van der Waals surface area contributed by atoms with Crippen LogP contribution in [0.15, 0.2) is 17.6 Å². The Morgan fingerprint density at radius 2 is 2.22 bits per heavy atom. The van der Waals surface area contributed by atoms with E-state index in [0.29, 0.717) is 26.1 Å². The monoisotopic (exact) mass is 342 g/mol. The van der Waals surface area contributed by atoms with E-state index in [0.717, 1.165) is 0 Å². The zero-order valence-corrected chi connectivity index (χ0v) is 14.2. The molecule has 128 valence electrons. The Balaban J connectivity index is 1.86. The van der Waals surface area contributed by atoms with Gasteiger partial charge in [0.05, 0.1) is 12.9 Å². The minimum atomic E-state index is -3.68. The predicted octanol–water partition coefficient (Wildman–Crippen LogP) is -0.728. The first-order valence-electron chi connectivity index (χ1n) is 7.63. The summed E-state index contributed by atoms with van der Waals surface area (Å²) < 4.78 is 28.5. The maximum absolute atomic E-state index is 12.8. The van der Waals surface area contributed by atoms with E-state index < -0.39 is 15.4 Å². The fraction of sp³-hybridized carbons (Fsp3) is 0.714. The SMILES string of the molecule is CC(=O)N1CC[C@@]2(CO)CN(S(=O)(=O)c3cn(C)cn3)C[C@H]2C1. The summed E-state index contributed by atoms with van der Waals surface area (Å²) in [7, 11) is -1.96. The summed E-state index contributed by atoms with van der Waals surface area (Å²) in [6, 6.07) is 0. The minimum absolute atomic E-state index is 0.0115. The second kappa shape index (κ2) is 5.57. The number of hydrogen-bond donors (Lipinski definition) is 1. The number of carbonyl (C=O) groups is 1. The second-order valence-electron chi connectivity index (χ2n) is 6.61. The molecule has 8 nitrogen and oxygen atoms in total. The normalized spacial score (nSPS) is 28.8. The van der Waals surface area contributed by atoms with Crippen molar-refractivity contribution in [1.29, 1.82) is 0 Å². The van der Waals surface area contributed by atoms with Crippen molar-refractivity contribution in [2.24, 2.45) is 18.4 Å². The van der Waals surface area contributed by atoms with Gasteiger partial charge >= 0.3 is 0 Å². The summed E-state index contributed by atoms with van der Waals surface area (Å²) >= 11 is 0. The highest BCUT2D eigenvalue weighted by molar-refractivity contribution is 7.89. The van der Waals surface area contributed by atoms with Crippen molar-refractivity contribution in [3.63, 3.8) is 0 Å². The number of imidazole rings is 1. The van der Waals surface area contributed by atoms with Gasteiger partial charge in [0.15, 0.2) is 5.03 Å². The van der Waals surface area contributed by atoms with Crippen LogP contribution in [0.5, 0.6) is 0 Å². The number of amides is 1. The average molecular weight is 342 g/mol. The lowest BCUT2D eigenvalue weighted by Crippen LogP contribution is -2.50. The van der Waals surface area contributed by atoms with Gasteiger partial charge in [-0.25, -0.2) is 13.4 Å². The molecule has 0 bridgehead atoms. The Morgan fingerprint density at radius 1 is 1.48 bits per heavy atom. The molecule has 2 atom stereocenters. The van der Waals surface area contributed by atoms with Crippen molar-refractivity contribution < 1.29 is 18.3 Å². The van der Waals surface area contributed by atoms with Crippen LogP contribution < -0.4 is 0 Å². The van der Waals surface area contributed by atoms with Gasteiger partial charge < -0.3 is 14.6 Å². The standard InChI is InChI=1S/C14H22N4O4S/c1-11(20)17-4-3-14(9-19)8-18(6-12(14)5-17)23(21,22)13-7-16(2)10-15-13/h7,10,12,19H,3-6,8-9H2,1-2H3/t12-,14+/m1/s1. The lowest BCUT2D eigenvalue weighted by molar-refractivity contribution is -0.133. The number of aryl methyl sites for hydroxylation is 1. The molecule has 2 aliphatic heterocycles. The van der Waals surface area contributed by atoms with Crippen LogP contribution >= 0.6 is 0 Å². The minimum Gasteiger partial charge on any atom is -0.396 e. The molecule has 3 heterocycles. The molecule has 0 radical (unpaired) electrons. The molecule has 0 unspecified atom stereocenters. The van der Waals surface area contributed by atoms with Gasteiger partial charge in [-0.3, -0.25) is 4.79 Å². The van der Waals surface area contributed by atoms with E-state index in [1.54, 1.807) is 16.5 Å². The zero-order chi connectivity index (χ0) is 16.8. The van der Waals surface area contributed by atoms with Gasteiger partial charge in [0.2, 0.25) is 5.91 Å². The quantitative estimate of drug-likeness (QED) is 0.781. The Bertz CT molecular complexity index is 716. The van der Waals surface area contributed by atoms with Gasteiger partial charge in [0.25, 0.3) is 10.0 Å². The summed E-state index contributed by atoms with van der Waals surface area (Å²) in [5.41, 5.74) is -0.464. The molecule has 1 aromatic heterocycles. The summed E-state index contributed by atoms with van der Waals surface area (Å²) in [6.45, 7) is 3.08. The van der Waals surface area contributed by atoms with E-state index in [9.17, 15) is 18.3 Å². The Kier molecular flexibility index (Phi) is 3.97. The maximum Gasteiger partial charge on any atom is 0.262 e. The number of aliphatic hydroxyl groups excluding tert-OH is 1. The van der Waals surface area contributed by atoms with Crippen LogP contribution in [0.3, 0.4) is 0 Å². The fourth-order valence-electron chi connectivity index (χ4n) is 3.62. The van der Waals surface area contributed by atoms with Gasteiger partial charge in [0.1, 0.15) is 0 Å². The van der Waals surface area contributed by atoms with E-state index in [2.05, 4.69) is 4.98 Å². The van der Waals surface area contributed by atoms with E-state index in [1.807, 2.05) is 0 Å². The molecule has 1 amide bonds. The van der Waals surface area contributed by atoms with Gasteiger partial charge in [-0.1, -0.05) is 0 Å². The van der Waals surface area contributed by atoms with Crippen molar-refractivity contribution in [2.75, 3.05) is 32.8 Å². The van der Waals surface area contributed by atoms with Crippen molar-refractivity contribution in [3.05, 3.63) is 12.5 Å². The number of likely N-dealkylation sites (tertiary alicyclic amines) is 1. The van der Waals surface area contributed by atoms with Crippen molar-refractivity contribution in [3.8, 4) is 0 Å². The van der Waals surface area contributed by atoms with Gasteiger partial charge in [-0.2, -0.15) is 4.31 Å². The third kappa shape index (κ3) is 2.66. The number of carbonyl (C=O) groups excluding carboxylic acids is 1. The van der Waals surface area contributed by atoms with E-state index in [1.165, 1.54) is 23.8 Å². The van der Waals surface area contributed by atoms with Crippen LogP contribution in [0.4, 0.5) is 0 Å². The molecular weight excluding hydrogens is 320 g/mol. The number of hydrogen-bond acceptors (Lipinski definition) is 5. The topological polar surface area (TPSA) is 95.7 Å². The molecule has 0 spiro atoms.